The minimum atomic E-state index is -0.453. The number of amides is 1. The number of aromatic nitrogens is 3. The van der Waals surface area contributed by atoms with Gasteiger partial charge >= 0.3 is 0 Å². The number of hydrogen-bond donors (Lipinski definition) is 2. The molecule has 0 bridgehead atoms. The zero-order valence-corrected chi connectivity index (χ0v) is 14.6. The lowest BCUT2D eigenvalue weighted by molar-refractivity contribution is 0.0761. The molecular formula is C18H25N5O2. The summed E-state index contributed by atoms with van der Waals surface area (Å²) in [5.41, 5.74) is 1.05. The molecule has 2 aromatic heterocycles. The molecule has 2 fully saturated rings. The van der Waals surface area contributed by atoms with E-state index in [1.54, 1.807) is 4.90 Å². The van der Waals surface area contributed by atoms with Crippen LogP contribution in [0.15, 0.2) is 12.1 Å². The number of rotatable bonds is 2. The fourth-order valence-corrected chi connectivity index (χ4v) is 3.80. The van der Waals surface area contributed by atoms with E-state index < -0.39 is 6.10 Å². The maximum atomic E-state index is 12.8. The van der Waals surface area contributed by atoms with E-state index in [-0.39, 0.29) is 11.8 Å². The smallest absolute Gasteiger partial charge is 0.272 e. The minimum Gasteiger partial charge on any atom is -0.391 e. The quantitative estimate of drug-likeness (QED) is 0.868. The number of pyridine rings is 1. The summed E-state index contributed by atoms with van der Waals surface area (Å²) in [4.78, 5) is 21.4. The standard InChI is InChI=1S/C18H25N5O2/c1-12-10-23(11-14(12)24)18(25)16-13-6-7-15(19-17(13)21-20-16)22-8-4-2-3-5-9-22/h6-7,12,14,24H,2-5,8-11H2,1H3,(H,19,20,21)/t12-,14-/m1/s1. The molecule has 134 valence electrons. The Kier molecular flexibility index (Phi) is 4.33. The summed E-state index contributed by atoms with van der Waals surface area (Å²) in [6, 6.07) is 3.93. The number of likely N-dealkylation sites (tertiary alicyclic amines) is 1. The van der Waals surface area contributed by atoms with Crippen LogP contribution in [0.3, 0.4) is 0 Å². The zero-order valence-electron chi connectivity index (χ0n) is 14.6. The summed E-state index contributed by atoms with van der Waals surface area (Å²) in [5, 5.41) is 17.8. The van der Waals surface area contributed by atoms with Gasteiger partial charge in [0, 0.05) is 32.1 Å². The van der Waals surface area contributed by atoms with Crippen LogP contribution >= 0.6 is 0 Å². The summed E-state index contributed by atoms with van der Waals surface area (Å²) >= 11 is 0. The molecule has 0 aliphatic carbocycles. The van der Waals surface area contributed by atoms with Crippen molar-refractivity contribution in [3.63, 3.8) is 0 Å². The lowest BCUT2D eigenvalue weighted by atomic mass is 10.1. The van der Waals surface area contributed by atoms with Crippen LogP contribution in [0.5, 0.6) is 0 Å². The molecule has 0 spiro atoms. The second-order valence-corrected chi connectivity index (χ2v) is 7.30. The van der Waals surface area contributed by atoms with Gasteiger partial charge in [-0.1, -0.05) is 19.8 Å². The molecule has 1 amide bonds. The Morgan fingerprint density at radius 2 is 1.96 bits per heavy atom. The van der Waals surface area contributed by atoms with Gasteiger partial charge in [0.25, 0.3) is 5.91 Å². The average molecular weight is 343 g/mol. The summed E-state index contributed by atoms with van der Waals surface area (Å²) in [6.07, 6.45) is 4.49. The normalized spacial score (nSPS) is 24.7. The lowest BCUT2D eigenvalue weighted by Crippen LogP contribution is -2.30. The monoisotopic (exact) mass is 343 g/mol. The number of nitrogens with one attached hydrogen (secondary N) is 1. The summed E-state index contributed by atoms with van der Waals surface area (Å²) in [7, 11) is 0. The highest BCUT2D eigenvalue weighted by molar-refractivity contribution is 6.04. The fourth-order valence-electron chi connectivity index (χ4n) is 3.80. The summed E-state index contributed by atoms with van der Waals surface area (Å²) in [5.74, 6) is 0.922. The van der Waals surface area contributed by atoms with Crippen molar-refractivity contribution >= 4 is 22.8 Å². The molecule has 4 rings (SSSR count). The number of anilines is 1. The van der Waals surface area contributed by atoms with E-state index in [4.69, 9.17) is 0 Å². The van der Waals surface area contributed by atoms with Gasteiger partial charge in [-0.25, -0.2) is 4.98 Å². The number of nitrogens with zero attached hydrogens (tertiary/aromatic N) is 4. The van der Waals surface area contributed by atoms with E-state index in [0.717, 1.165) is 24.3 Å². The zero-order chi connectivity index (χ0) is 17.4. The first-order valence-corrected chi connectivity index (χ1v) is 9.21. The number of carbonyl (C=O) groups is 1. The molecule has 0 radical (unpaired) electrons. The van der Waals surface area contributed by atoms with Crippen LogP contribution in [0.25, 0.3) is 11.0 Å². The topological polar surface area (TPSA) is 85.4 Å². The van der Waals surface area contributed by atoms with E-state index >= 15 is 0 Å². The Labute approximate surface area is 147 Å². The Morgan fingerprint density at radius 3 is 2.64 bits per heavy atom. The van der Waals surface area contributed by atoms with Crippen molar-refractivity contribution < 1.29 is 9.90 Å². The molecule has 0 unspecified atom stereocenters. The molecule has 2 atom stereocenters. The van der Waals surface area contributed by atoms with Gasteiger partial charge in [-0.2, -0.15) is 5.10 Å². The second kappa shape index (κ2) is 6.63. The van der Waals surface area contributed by atoms with Crippen LogP contribution in [-0.4, -0.2) is 63.4 Å². The molecule has 2 aliphatic rings. The predicted octanol–water partition coefficient (Wildman–Crippen LogP) is 1.79. The Morgan fingerprint density at radius 1 is 1.20 bits per heavy atom. The Balaban J connectivity index is 1.58. The molecule has 4 heterocycles. The molecule has 7 heteroatoms. The van der Waals surface area contributed by atoms with E-state index in [1.807, 2.05) is 19.1 Å². The SMILES string of the molecule is C[C@@H]1CN(C(=O)c2[nH]nc3nc(N4CCCCCC4)ccc23)C[C@H]1O. The molecule has 2 aromatic rings. The first kappa shape index (κ1) is 16.3. The summed E-state index contributed by atoms with van der Waals surface area (Å²) in [6.45, 7) is 4.95. The lowest BCUT2D eigenvalue weighted by Gasteiger charge is -2.21. The molecule has 2 saturated heterocycles. The van der Waals surface area contributed by atoms with Gasteiger partial charge in [0.05, 0.1) is 11.5 Å². The highest BCUT2D eigenvalue weighted by Crippen LogP contribution is 2.24. The van der Waals surface area contributed by atoms with Gasteiger partial charge in [-0.3, -0.25) is 9.89 Å². The number of H-pyrrole nitrogens is 1. The average Bonchev–Trinajstić information content (AvgIpc) is 3.06. The first-order chi connectivity index (χ1) is 12.1. The third-order valence-electron chi connectivity index (χ3n) is 5.41. The van der Waals surface area contributed by atoms with Crippen LogP contribution < -0.4 is 4.90 Å². The van der Waals surface area contributed by atoms with Crippen LogP contribution in [0.2, 0.25) is 0 Å². The maximum absolute atomic E-state index is 12.8. The molecule has 7 nitrogen and oxygen atoms in total. The van der Waals surface area contributed by atoms with Crippen LogP contribution in [0.4, 0.5) is 5.82 Å². The molecule has 0 aromatic carbocycles. The maximum Gasteiger partial charge on any atom is 0.272 e. The Hall–Kier alpha value is -2.15. The third kappa shape index (κ3) is 3.08. The molecule has 0 saturated carbocycles. The van der Waals surface area contributed by atoms with Crippen molar-refractivity contribution in [2.45, 2.75) is 38.7 Å². The largest absolute Gasteiger partial charge is 0.391 e. The highest BCUT2D eigenvalue weighted by Gasteiger charge is 2.32. The van der Waals surface area contributed by atoms with Crippen LogP contribution in [0, 0.1) is 5.92 Å². The van der Waals surface area contributed by atoms with E-state index in [1.165, 1.54) is 25.7 Å². The third-order valence-corrected chi connectivity index (χ3v) is 5.41. The number of fused-ring (bicyclic) bond motifs is 1. The minimum absolute atomic E-state index is 0.103. The van der Waals surface area contributed by atoms with Crippen molar-refractivity contribution in [1.29, 1.82) is 0 Å². The van der Waals surface area contributed by atoms with Gasteiger partial charge in [0.1, 0.15) is 11.5 Å². The number of hydrogen-bond acceptors (Lipinski definition) is 5. The van der Waals surface area contributed by atoms with Gasteiger partial charge in [0.2, 0.25) is 0 Å². The van der Waals surface area contributed by atoms with Crippen molar-refractivity contribution in [1.82, 2.24) is 20.1 Å². The number of aliphatic hydroxyl groups excluding tert-OH is 1. The van der Waals surface area contributed by atoms with E-state index in [9.17, 15) is 9.90 Å². The second-order valence-electron chi connectivity index (χ2n) is 7.30. The van der Waals surface area contributed by atoms with Crippen LogP contribution in [0.1, 0.15) is 43.1 Å². The summed E-state index contributed by atoms with van der Waals surface area (Å²) < 4.78 is 0. The highest BCUT2D eigenvalue weighted by atomic mass is 16.3. The fraction of sp³-hybridized carbons (Fsp3) is 0.611. The van der Waals surface area contributed by atoms with E-state index in [2.05, 4.69) is 20.1 Å². The van der Waals surface area contributed by atoms with Crippen molar-refractivity contribution in [2.24, 2.45) is 5.92 Å². The molecule has 2 aliphatic heterocycles. The molecular weight excluding hydrogens is 318 g/mol. The molecule has 2 N–H and O–H groups in total. The predicted molar refractivity (Wildman–Crippen MR) is 95.6 cm³/mol. The van der Waals surface area contributed by atoms with Gasteiger partial charge in [0.15, 0.2) is 5.65 Å². The van der Waals surface area contributed by atoms with E-state index in [0.29, 0.717) is 24.4 Å². The van der Waals surface area contributed by atoms with Crippen molar-refractivity contribution in [2.75, 3.05) is 31.1 Å². The number of carbonyl (C=O) groups excluding carboxylic acids is 1. The number of β-amino-alcohol motifs (C(OH)–C–C–N with tert-alkyl or cyclic N) is 1. The van der Waals surface area contributed by atoms with Crippen molar-refractivity contribution in [3.8, 4) is 0 Å². The number of aromatic amines is 1. The van der Waals surface area contributed by atoms with Gasteiger partial charge in [-0.05, 0) is 25.0 Å². The van der Waals surface area contributed by atoms with Crippen LogP contribution in [-0.2, 0) is 0 Å². The first-order valence-electron chi connectivity index (χ1n) is 9.21. The number of aliphatic hydroxyl groups is 1. The van der Waals surface area contributed by atoms with Crippen molar-refractivity contribution in [3.05, 3.63) is 17.8 Å². The van der Waals surface area contributed by atoms with Gasteiger partial charge < -0.3 is 14.9 Å². The molecule has 25 heavy (non-hydrogen) atoms. The van der Waals surface area contributed by atoms with Gasteiger partial charge in [-0.15, -0.1) is 0 Å². The Bertz CT molecular complexity index is 756.